The normalized spacial score (nSPS) is 26.9. The molecule has 1 saturated carbocycles. The molecule has 1 rings (SSSR count). The van der Waals surface area contributed by atoms with E-state index < -0.39 is 10.0 Å². The topological polar surface area (TPSA) is 69.4 Å². The quantitative estimate of drug-likeness (QED) is 0.728. The van der Waals surface area contributed by atoms with Gasteiger partial charge in [0.25, 0.3) is 0 Å². The first-order valence-corrected chi connectivity index (χ1v) is 7.82. The summed E-state index contributed by atoms with van der Waals surface area (Å²) in [7, 11) is -3.30. The lowest BCUT2D eigenvalue weighted by Gasteiger charge is -2.28. The zero-order chi connectivity index (χ0) is 12.0. The molecule has 0 spiro atoms. The van der Waals surface area contributed by atoms with Gasteiger partial charge in [-0.2, -0.15) is 0 Å². The van der Waals surface area contributed by atoms with Gasteiger partial charge >= 0.3 is 0 Å². The van der Waals surface area contributed by atoms with Crippen LogP contribution in [0.1, 0.15) is 45.4 Å². The smallest absolute Gasteiger partial charge is 0.209 e. The fraction of sp³-hybridized carbons (Fsp3) is 1.00. The zero-order valence-electron chi connectivity index (χ0n) is 10.0. The van der Waals surface area contributed by atoms with Gasteiger partial charge in [-0.05, 0) is 31.6 Å². The summed E-state index contributed by atoms with van der Waals surface area (Å²) in [6.07, 6.45) is 6.72. The minimum atomic E-state index is -3.30. The summed E-state index contributed by atoms with van der Waals surface area (Å²) >= 11 is 0. The molecule has 0 aliphatic heterocycles. The molecular weight excluding hydrogens is 226 g/mol. The molecule has 0 aromatic heterocycles. The highest BCUT2D eigenvalue weighted by molar-refractivity contribution is 7.89. The Labute approximate surface area is 98.6 Å². The van der Waals surface area contributed by atoms with E-state index in [1.165, 1.54) is 19.3 Å². The molecule has 0 saturated heterocycles. The van der Waals surface area contributed by atoms with Gasteiger partial charge in [0, 0.05) is 6.61 Å². The first kappa shape index (κ1) is 13.9. The number of ether oxygens (including phenoxy) is 1. The van der Waals surface area contributed by atoms with Gasteiger partial charge in [-0.15, -0.1) is 0 Å². The lowest BCUT2D eigenvalue weighted by Crippen LogP contribution is -2.26. The van der Waals surface area contributed by atoms with E-state index in [2.05, 4.69) is 6.92 Å². The van der Waals surface area contributed by atoms with Crippen LogP contribution in [0.25, 0.3) is 0 Å². The molecule has 0 bridgehead atoms. The van der Waals surface area contributed by atoms with Crippen molar-refractivity contribution in [3.05, 3.63) is 0 Å². The Kier molecular flexibility index (Phi) is 5.72. The standard InChI is InChI=1S/C11H23NO3S/c1-10-6-2-3-7-11(10)15-8-4-5-9-16(12,13)14/h10-11H,2-9H2,1H3,(H2,12,13,14). The Bertz CT molecular complexity index is 290. The highest BCUT2D eigenvalue weighted by atomic mass is 32.2. The molecule has 1 fully saturated rings. The summed E-state index contributed by atoms with van der Waals surface area (Å²) in [6, 6.07) is 0. The molecule has 0 aromatic carbocycles. The van der Waals surface area contributed by atoms with Gasteiger partial charge in [0.1, 0.15) is 0 Å². The van der Waals surface area contributed by atoms with E-state index in [1.54, 1.807) is 0 Å². The van der Waals surface area contributed by atoms with E-state index in [0.717, 1.165) is 12.8 Å². The zero-order valence-corrected chi connectivity index (χ0v) is 10.8. The van der Waals surface area contributed by atoms with Crippen molar-refractivity contribution in [3.63, 3.8) is 0 Å². The Morgan fingerprint density at radius 1 is 1.25 bits per heavy atom. The van der Waals surface area contributed by atoms with Gasteiger partial charge in [-0.25, -0.2) is 13.6 Å². The van der Waals surface area contributed by atoms with Crippen molar-refractivity contribution in [2.75, 3.05) is 12.4 Å². The van der Waals surface area contributed by atoms with Crippen LogP contribution in [0.15, 0.2) is 0 Å². The molecular formula is C11H23NO3S. The second kappa shape index (κ2) is 6.57. The number of hydrogen-bond donors (Lipinski definition) is 1. The molecule has 0 radical (unpaired) electrons. The summed E-state index contributed by atoms with van der Waals surface area (Å²) in [5.74, 6) is 0.711. The fourth-order valence-electron chi connectivity index (χ4n) is 2.17. The summed E-state index contributed by atoms with van der Waals surface area (Å²) in [5.41, 5.74) is 0. The van der Waals surface area contributed by atoms with Crippen molar-refractivity contribution in [1.29, 1.82) is 0 Å². The monoisotopic (exact) mass is 249 g/mol. The molecule has 2 unspecified atom stereocenters. The molecule has 16 heavy (non-hydrogen) atoms. The highest BCUT2D eigenvalue weighted by Crippen LogP contribution is 2.26. The summed E-state index contributed by atoms with van der Waals surface area (Å²) in [4.78, 5) is 0. The first-order chi connectivity index (χ1) is 7.49. The number of nitrogens with two attached hydrogens (primary N) is 1. The van der Waals surface area contributed by atoms with Gasteiger partial charge in [0.15, 0.2) is 0 Å². The molecule has 1 aliphatic carbocycles. The average molecular weight is 249 g/mol. The molecule has 2 N–H and O–H groups in total. The van der Waals surface area contributed by atoms with Gasteiger partial charge in [-0.3, -0.25) is 0 Å². The van der Waals surface area contributed by atoms with Crippen LogP contribution in [0.2, 0.25) is 0 Å². The first-order valence-electron chi connectivity index (χ1n) is 6.11. The van der Waals surface area contributed by atoms with Crippen molar-refractivity contribution < 1.29 is 13.2 Å². The molecule has 96 valence electrons. The van der Waals surface area contributed by atoms with E-state index in [-0.39, 0.29) is 5.75 Å². The maximum absolute atomic E-state index is 10.7. The van der Waals surface area contributed by atoms with Crippen molar-refractivity contribution in [2.45, 2.75) is 51.6 Å². The van der Waals surface area contributed by atoms with E-state index >= 15 is 0 Å². The van der Waals surface area contributed by atoms with Crippen LogP contribution in [-0.4, -0.2) is 26.9 Å². The van der Waals surface area contributed by atoms with Crippen molar-refractivity contribution in [1.82, 2.24) is 0 Å². The van der Waals surface area contributed by atoms with Gasteiger partial charge < -0.3 is 4.74 Å². The lowest BCUT2D eigenvalue weighted by atomic mass is 9.88. The number of unbranched alkanes of at least 4 members (excludes halogenated alkanes) is 1. The Hall–Kier alpha value is -0.130. The van der Waals surface area contributed by atoms with Crippen LogP contribution in [0.5, 0.6) is 0 Å². The third kappa shape index (κ3) is 5.82. The van der Waals surface area contributed by atoms with Crippen molar-refractivity contribution in [2.24, 2.45) is 11.1 Å². The highest BCUT2D eigenvalue weighted by Gasteiger charge is 2.21. The third-order valence-electron chi connectivity index (χ3n) is 3.19. The lowest BCUT2D eigenvalue weighted by molar-refractivity contribution is -0.00600. The molecule has 0 amide bonds. The summed E-state index contributed by atoms with van der Waals surface area (Å²) in [5, 5.41) is 4.91. The molecule has 0 aromatic rings. The average Bonchev–Trinajstić information content (AvgIpc) is 2.18. The fourth-order valence-corrected chi connectivity index (χ4v) is 2.78. The predicted octanol–water partition coefficient (Wildman–Crippen LogP) is 1.65. The summed E-state index contributed by atoms with van der Waals surface area (Å²) < 4.78 is 27.1. The van der Waals surface area contributed by atoms with Crippen LogP contribution < -0.4 is 5.14 Å². The largest absolute Gasteiger partial charge is 0.378 e. The van der Waals surface area contributed by atoms with E-state index in [0.29, 0.717) is 25.0 Å². The van der Waals surface area contributed by atoms with Gasteiger partial charge in [0.2, 0.25) is 10.0 Å². The van der Waals surface area contributed by atoms with Crippen LogP contribution >= 0.6 is 0 Å². The number of rotatable bonds is 6. The van der Waals surface area contributed by atoms with Crippen LogP contribution in [0.4, 0.5) is 0 Å². The Morgan fingerprint density at radius 3 is 2.56 bits per heavy atom. The van der Waals surface area contributed by atoms with Crippen molar-refractivity contribution >= 4 is 10.0 Å². The predicted molar refractivity (Wildman–Crippen MR) is 64.6 cm³/mol. The Morgan fingerprint density at radius 2 is 1.94 bits per heavy atom. The molecule has 1 aliphatic rings. The van der Waals surface area contributed by atoms with Crippen LogP contribution in [0.3, 0.4) is 0 Å². The maximum atomic E-state index is 10.7. The second-order valence-electron chi connectivity index (χ2n) is 4.75. The van der Waals surface area contributed by atoms with Gasteiger partial charge in [0.05, 0.1) is 11.9 Å². The SMILES string of the molecule is CC1CCCCC1OCCCCS(N)(=O)=O. The summed E-state index contributed by atoms with van der Waals surface area (Å²) in [6.45, 7) is 2.89. The number of sulfonamides is 1. The maximum Gasteiger partial charge on any atom is 0.209 e. The molecule has 4 nitrogen and oxygen atoms in total. The second-order valence-corrected chi connectivity index (χ2v) is 6.48. The van der Waals surface area contributed by atoms with Gasteiger partial charge in [-0.1, -0.05) is 19.8 Å². The van der Waals surface area contributed by atoms with Crippen LogP contribution in [-0.2, 0) is 14.8 Å². The Balaban J connectivity index is 2.06. The molecule has 5 heteroatoms. The van der Waals surface area contributed by atoms with Crippen LogP contribution in [0, 0.1) is 5.92 Å². The minimum Gasteiger partial charge on any atom is -0.378 e. The van der Waals surface area contributed by atoms with E-state index in [9.17, 15) is 8.42 Å². The molecule has 2 atom stereocenters. The minimum absolute atomic E-state index is 0.0661. The third-order valence-corrected chi connectivity index (χ3v) is 4.05. The number of hydrogen-bond acceptors (Lipinski definition) is 3. The molecule has 0 heterocycles. The van der Waals surface area contributed by atoms with E-state index in [4.69, 9.17) is 9.88 Å². The number of primary sulfonamides is 1. The van der Waals surface area contributed by atoms with Crippen molar-refractivity contribution in [3.8, 4) is 0 Å². The van der Waals surface area contributed by atoms with E-state index in [1.807, 2.05) is 0 Å².